The minimum atomic E-state index is 0.302. The molecule has 0 saturated heterocycles. The average Bonchev–Trinajstić information content (AvgIpc) is 2.72. The van der Waals surface area contributed by atoms with Crippen LogP contribution < -0.4 is 15.2 Å². The predicted octanol–water partition coefficient (Wildman–Crippen LogP) is 2.31. The zero-order valence-electron chi connectivity index (χ0n) is 10.8. The first-order valence-corrected chi connectivity index (χ1v) is 6.41. The summed E-state index contributed by atoms with van der Waals surface area (Å²) in [6.45, 7) is 4.97. The molecule has 6 nitrogen and oxygen atoms in total. The van der Waals surface area contributed by atoms with E-state index in [4.69, 9.17) is 27.4 Å². The van der Waals surface area contributed by atoms with Crippen LogP contribution in [0.4, 0.5) is 5.95 Å². The van der Waals surface area contributed by atoms with E-state index in [1.54, 1.807) is 4.57 Å². The predicted molar refractivity (Wildman–Crippen MR) is 75.5 cm³/mol. The number of aromatic nitrogens is 3. The molecule has 1 heterocycles. The maximum atomic E-state index is 5.78. The molecule has 7 heteroatoms. The van der Waals surface area contributed by atoms with Gasteiger partial charge in [0.05, 0.1) is 18.9 Å². The number of benzene rings is 1. The summed E-state index contributed by atoms with van der Waals surface area (Å²) in [7, 11) is 0. The zero-order valence-corrected chi connectivity index (χ0v) is 11.7. The third-order valence-corrected chi connectivity index (χ3v) is 2.76. The Morgan fingerprint density at radius 3 is 2.53 bits per heavy atom. The molecule has 0 bridgehead atoms. The van der Waals surface area contributed by atoms with Crippen molar-refractivity contribution in [2.24, 2.45) is 0 Å². The SMILES string of the molecule is CCOc1ccc(-n2c(N)n[nH]c2=S)cc1OCC. The van der Waals surface area contributed by atoms with Gasteiger partial charge in [0.15, 0.2) is 11.5 Å². The fraction of sp³-hybridized carbons (Fsp3) is 0.333. The van der Waals surface area contributed by atoms with Crippen LogP contribution in [-0.4, -0.2) is 28.0 Å². The summed E-state index contributed by atoms with van der Waals surface area (Å²) in [5.74, 6) is 1.66. The average molecular weight is 280 g/mol. The van der Waals surface area contributed by atoms with Crippen LogP contribution in [-0.2, 0) is 0 Å². The number of ether oxygens (including phenoxy) is 2. The molecule has 2 aromatic rings. The van der Waals surface area contributed by atoms with E-state index in [9.17, 15) is 0 Å². The molecule has 2 rings (SSSR count). The monoisotopic (exact) mass is 280 g/mol. The Kier molecular flexibility index (Phi) is 4.06. The first-order valence-electron chi connectivity index (χ1n) is 6.00. The van der Waals surface area contributed by atoms with E-state index in [-0.39, 0.29) is 0 Å². The molecule has 3 N–H and O–H groups in total. The van der Waals surface area contributed by atoms with Gasteiger partial charge in [-0.25, -0.2) is 5.10 Å². The smallest absolute Gasteiger partial charge is 0.225 e. The number of hydrogen-bond acceptors (Lipinski definition) is 5. The molecule has 0 fully saturated rings. The number of nitrogen functional groups attached to an aromatic ring is 1. The minimum absolute atomic E-state index is 0.302. The Balaban J connectivity index is 2.48. The quantitative estimate of drug-likeness (QED) is 0.822. The van der Waals surface area contributed by atoms with E-state index in [1.807, 2.05) is 32.0 Å². The van der Waals surface area contributed by atoms with Crippen LogP contribution >= 0.6 is 12.2 Å². The van der Waals surface area contributed by atoms with Crippen LogP contribution in [0.15, 0.2) is 18.2 Å². The van der Waals surface area contributed by atoms with Crippen molar-refractivity contribution in [1.82, 2.24) is 14.8 Å². The lowest BCUT2D eigenvalue weighted by molar-refractivity contribution is 0.287. The van der Waals surface area contributed by atoms with Crippen molar-refractivity contribution in [3.63, 3.8) is 0 Å². The molecule has 1 aromatic carbocycles. The molecule has 0 radical (unpaired) electrons. The first-order chi connectivity index (χ1) is 9.17. The highest BCUT2D eigenvalue weighted by Crippen LogP contribution is 2.30. The van der Waals surface area contributed by atoms with Gasteiger partial charge in [0.25, 0.3) is 0 Å². The van der Waals surface area contributed by atoms with Gasteiger partial charge in [-0.2, -0.15) is 0 Å². The van der Waals surface area contributed by atoms with Gasteiger partial charge in [-0.05, 0) is 38.2 Å². The lowest BCUT2D eigenvalue weighted by Crippen LogP contribution is -2.03. The van der Waals surface area contributed by atoms with Crippen molar-refractivity contribution < 1.29 is 9.47 Å². The molecule has 0 aliphatic carbocycles. The molecule has 0 spiro atoms. The summed E-state index contributed by atoms with van der Waals surface area (Å²) in [6, 6.07) is 5.52. The summed E-state index contributed by atoms with van der Waals surface area (Å²) in [6.07, 6.45) is 0. The Morgan fingerprint density at radius 2 is 1.95 bits per heavy atom. The number of aromatic amines is 1. The van der Waals surface area contributed by atoms with Crippen molar-refractivity contribution in [1.29, 1.82) is 0 Å². The lowest BCUT2D eigenvalue weighted by atomic mass is 10.2. The zero-order chi connectivity index (χ0) is 13.8. The van der Waals surface area contributed by atoms with Crippen molar-refractivity contribution in [3.05, 3.63) is 23.0 Å². The Labute approximate surface area is 116 Å². The number of H-pyrrole nitrogens is 1. The van der Waals surface area contributed by atoms with Crippen molar-refractivity contribution in [2.75, 3.05) is 18.9 Å². The van der Waals surface area contributed by atoms with Crippen LogP contribution in [0.1, 0.15) is 13.8 Å². The Hall–Kier alpha value is -2.02. The van der Waals surface area contributed by atoms with Crippen LogP contribution in [0, 0.1) is 4.77 Å². The minimum Gasteiger partial charge on any atom is -0.490 e. The summed E-state index contributed by atoms with van der Waals surface area (Å²) >= 11 is 5.14. The number of nitrogens with two attached hydrogens (primary N) is 1. The molecule has 0 atom stereocenters. The molecule has 0 saturated carbocycles. The van der Waals surface area contributed by atoms with Crippen LogP contribution in [0.2, 0.25) is 0 Å². The van der Waals surface area contributed by atoms with E-state index < -0.39 is 0 Å². The van der Waals surface area contributed by atoms with Gasteiger partial charge in [0.2, 0.25) is 10.7 Å². The summed E-state index contributed by atoms with van der Waals surface area (Å²) < 4.78 is 13.1. The van der Waals surface area contributed by atoms with Gasteiger partial charge in [0.1, 0.15) is 0 Å². The van der Waals surface area contributed by atoms with Gasteiger partial charge < -0.3 is 15.2 Å². The number of hydrogen-bond donors (Lipinski definition) is 2. The summed E-state index contributed by atoms with van der Waals surface area (Å²) in [5.41, 5.74) is 6.56. The second-order valence-electron chi connectivity index (χ2n) is 3.72. The topological polar surface area (TPSA) is 78.1 Å². The highest BCUT2D eigenvalue weighted by atomic mass is 32.1. The highest BCUT2D eigenvalue weighted by molar-refractivity contribution is 7.71. The van der Waals surface area contributed by atoms with Gasteiger partial charge in [-0.15, -0.1) is 5.10 Å². The van der Waals surface area contributed by atoms with Gasteiger partial charge in [-0.1, -0.05) is 0 Å². The van der Waals surface area contributed by atoms with Crippen molar-refractivity contribution in [2.45, 2.75) is 13.8 Å². The van der Waals surface area contributed by atoms with E-state index >= 15 is 0 Å². The largest absolute Gasteiger partial charge is 0.490 e. The summed E-state index contributed by atoms with van der Waals surface area (Å²) in [5, 5.41) is 6.52. The van der Waals surface area contributed by atoms with Crippen molar-refractivity contribution >= 4 is 18.2 Å². The maximum Gasteiger partial charge on any atom is 0.225 e. The highest BCUT2D eigenvalue weighted by Gasteiger charge is 2.10. The molecular weight excluding hydrogens is 264 g/mol. The van der Waals surface area contributed by atoms with E-state index in [0.717, 1.165) is 5.69 Å². The van der Waals surface area contributed by atoms with Gasteiger partial charge in [0, 0.05) is 6.07 Å². The lowest BCUT2D eigenvalue weighted by Gasteiger charge is -2.12. The first kappa shape index (κ1) is 13.4. The number of nitrogens with zero attached hydrogens (tertiary/aromatic N) is 2. The van der Waals surface area contributed by atoms with E-state index in [2.05, 4.69) is 10.2 Å². The number of anilines is 1. The van der Waals surface area contributed by atoms with Crippen molar-refractivity contribution in [3.8, 4) is 17.2 Å². The third-order valence-electron chi connectivity index (χ3n) is 2.48. The molecular formula is C12H16N4O2S. The second-order valence-corrected chi connectivity index (χ2v) is 4.11. The van der Waals surface area contributed by atoms with E-state index in [1.165, 1.54) is 0 Å². The molecule has 0 amide bonds. The number of nitrogens with one attached hydrogen (secondary N) is 1. The van der Waals surface area contributed by atoms with Crippen LogP contribution in [0.5, 0.6) is 11.5 Å². The fourth-order valence-corrected chi connectivity index (χ4v) is 1.98. The van der Waals surface area contributed by atoms with Crippen LogP contribution in [0.3, 0.4) is 0 Å². The fourth-order valence-electron chi connectivity index (χ4n) is 1.74. The van der Waals surface area contributed by atoms with E-state index in [0.29, 0.717) is 35.4 Å². The molecule has 102 valence electrons. The maximum absolute atomic E-state index is 5.78. The number of rotatable bonds is 5. The second kappa shape index (κ2) is 5.75. The Morgan fingerprint density at radius 1 is 1.26 bits per heavy atom. The molecule has 1 aromatic heterocycles. The normalized spacial score (nSPS) is 10.4. The van der Waals surface area contributed by atoms with Gasteiger partial charge in [-0.3, -0.25) is 4.57 Å². The summed E-state index contributed by atoms with van der Waals surface area (Å²) in [4.78, 5) is 0. The van der Waals surface area contributed by atoms with Gasteiger partial charge >= 0.3 is 0 Å². The molecule has 0 aliphatic rings. The molecule has 0 unspecified atom stereocenters. The molecule has 19 heavy (non-hydrogen) atoms. The standard InChI is InChI=1S/C12H16N4O2S/c1-3-17-9-6-5-8(7-10(9)18-4-2)16-11(13)14-15-12(16)19/h5-7H,3-4H2,1-2H3,(H2,13,14)(H,15,19). The third kappa shape index (κ3) is 2.70. The molecule has 0 aliphatic heterocycles. The van der Waals surface area contributed by atoms with Crippen LogP contribution in [0.25, 0.3) is 5.69 Å². The Bertz CT molecular complexity index is 620.